The van der Waals surface area contributed by atoms with Crippen LogP contribution in [0.3, 0.4) is 0 Å². The number of benzene rings is 1. The van der Waals surface area contributed by atoms with Gasteiger partial charge >= 0.3 is 0 Å². The van der Waals surface area contributed by atoms with E-state index in [1.165, 1.54) is 0 Å². The van der Waals surface area contributed by atoms with Crippen LogP contribution in [0, 0.1) is 0 Å². The first kappa shape index (κ1) is 13.0. The van der Waals surface area contributed by atoms with E-state index in [4.69, 9.17) is 4.74 Å². The van der Waals surface area contributed by atoms with Crippen LogP contribution in [0.2, 0.25) is 0 Å². The molecule has 0 saturated carbocycles. The Kier molecular flexibility index (Phi) is 3.91. The number of rotatable bonds is 4. The molecule has 0 radical (unpaired) electrons. The van der Waals surface area contributed by atoms with Crippen molar-refractivity contribution in [3.63, 3.8) is 0 Å². The highest BCUT2D eigenvalue weighted by Gasteiger charge is 2.10. The van der Waals surface area contributed by atoms with Gasteiger partial charge in [0.25, 0.3) is 0 Å². The molecule has 4 nitrogen and oxygen atoms in total. The zero-order valence-electron chi connectivity index (χ0n) is 10.6. The molecule has 0 aliphatic rings. The number of ether oxygens (including phenoxy) is 1. The first-order valence-electron chi connectivity index (χ1n) is 5.75. The number of halogens is 1. The van der Waals surface area contributed by atoms with Gasteiger partial charge in [0.1, 0.15) is 5.75 Å². The van der Waals surface area contributed by atoms with Crippen LogP contribution < -0.4 is 10.1 Å². The van der Waals surface area contributed by atoms with Gasteiger partial charge in [-0.1, -0.05) is 0 Å². The maximum atomic E-state index is 5.25. The van der Waals surface area contributed by atoms with Crippen LogP contribution in [0.4, 0.5) is 5.95 Å². The minimum Gasteiger partial charge on any atom is -0.497 e. The van der Waals surface area contributed by atoms with E-state index >= 15 is 0 Å². The Bertz CT molecular complexity index is 537. The number of imidazole rings is 1. The van der Waals surface area contributed by atoms with E-state index in [9.17, 15) is 0 Å². The lowest BCUT2D eigenvalue weighted by Crippen LogP contribution is -2.14. The highest BCUT2D eigenvalue weighted by Crippen LogP contribution is 2.28. The minimum atomic E-state index is 0.329. The molecular weight excluding hydrogens is 294 g/mol. The van der Waals surface area contributed by atoms with E-state index < -0.39 is 0 Å². The molecule has 1 aromatic heterocycles. The molecule has 0 fully saturated rings. The second-order valence-electron chi connectivity index (χ2n) is 4.24. The van der Waals surface area contributed by atoms with Crippen LogP contribution in [-0.2, 0) is 0 Å². The summed E-state index contributed by atoms with van der Waals surface area (Å²) in [4.78, 5) is 4.32. The fourth-order valence-corrected chi connectivity index (χ4v) is 2.10. The molecular formula is C13H16BrN3O. The van der Waals surface area contributed by atoms with Crippen molar-refractivity contribution < 1.29 is 4.74 Å². The third-order valence-electron chi connectivity index (χ3n) is 2.47. The molecule has 0 spiro atoms. The fourth-order valence-electron chi connectivity index (χ4n) is 1.67. The Hall–Kier alpha value is -1.49. The van der Waals surface area contributed by atoms with Crippen LogP contribution in [0.5, 0.6) is 5.75 Å². The third-order valence-corrected chi connectivity index (χ3v) is 3.14. The lowest BCUT2D eigenvalue weighted by Gasteiger charge is -2.14. The van der Waals surface area contributed by atoms with Crippen molar-refractivity contribution in [2.45, 2.75) is 19.9 Å². The number of nitrogens with one attached hydrogen (secondary N) is 1. The molecule has 0 aliphatic carbocycles. The van der Waals surface area contributed by atoms with Crippen molar-refractivity contribution in [2.24, 2.45) is 0 Å². The number of methoxy groups -OCH3 is 1. The largest absolute Gasteiger partial charge is 0.497 e. The average Bonchev–Trinajstić information content (AvgIpc) is 2.77. The van der Waals surface area contributed by atoms with E-state index in [1.54, 1.807) is 13.3 Å². The second kappa shape index (κ2) is 5.44. The summed E-state index contributed by atoms with van der Waals surface area (Å²) in [5.74, 6) is 1.64. The van der Waals surface area contributed by atoms with Gasteiger partial charge in [0, 0.05) is 29.0 Å². The van der Waals surface area contributed by atoms with Crippen molar-refractivity contribution in [1.29, 1.82) is 0 Å². The van der Waals surface area contributed by atoms with Gasteiger partial charge in [-0.15, -0.1) is 0 Å². The maximum absolute atomic E-state index is 5.25. The first-order valence-corrected chi connectivity index (χ1v) is 6.55. The van der Waals surface area contributed by atoms with E-state index in [-0.39, 0.29) is 0 Å². The molecule has 0 saturated heterocycles. The summed E-state index contributed by atoms with van der Waals surface area (Å²) < 4.78 is 8.24. The fraction of sp³-hybridized carbons (Fsp3) is 0.308. The smallest absolute Gasteiger partial charge is 0.207 e. The van der Waals surface area contributed by atoms with Gasteiger partial charge in [-0.2, -0.15) is 0 Å². The van der Waals surface area contributed by atoms with Gasteiger partial charge in [-0.3, -0.25) is 4.57 Å². The van der Waals surface area contributed by atoms with Gasteiger partial charge in [0.15, 0.2) is 0 Å². The Morgan fingerprint density at radius 2 is 2.17 bits per heavy atom. The zero-order chi connectivity index (χ0) is 13.1. The molecule has 0 bridgehead atoms. The summed E-state index contributed by atoms with van der Waals surface area (Å²) in [5, 5.41) is 3.31. The summed E-state index contributed by atoms with van der Waals surface area (Å²) in [7, 11) is 1.66. The van der Waals surface area contributed by atoms with Crippen molar-refractivity contribution >= 4 is 21.9 Å². The second-order valence-corrected chi connectivity index (χ2v) is 5.09. The summed E-state index contributed by atoms with van der Waals surface area (Å²) >= 11 is 3.55. The van der Waals surface area contributed by atoms with Gasteiger partial charge in [-0.05, 0) is 41.9 Å². The first-order chi connectivity index (χ1) is 8.61. The molecule has 0 amide bonds. The Morgan fingerprint density at radius 1 is 1.39 bits per heavy atom. The monoisotopic (exact) mass is 309 g/mol. The van der Waals surface area contributed by atoms with E-state index in [0.29, 0.717) is 6.04 Å². The number of hydrogen-bond acceptors (Lipinski definition) is 3. The summed E-state index contributed by atoms with van der Waals surface area (Å²) in [5.41, 5.74) is 0.995. The lowest BCUT2D eigenvalue weighted by molar-refractivity contribution is 0.414. The molecule has 96 valence electrons. The molecule has 18 heavy (non-hydrogen) atoms. The van der Waals surface area contributed by atoms with E-state index in [2.05, 4.69) is 40.1 Å². The van der Waals surface area contributed by atoms with Crippen molar-refractivity contribution in [3.8, 4) is 11.4 Å². The predicted octanol–water partition coefficient (Wildman–Crippen LogP) is 3.46. The van der Waals surface area contributed by atoms with Gasteiger partial charge in [-0.25, -0.2) is 4.98 Å². The number of anilines is 1. The van der Waals surface area contributed by atoms with Gasteiger partial charge in [0.2, 0.25) is 5.95 Å². The predicted molar refractivity (Wildman–Crippen MR) is 76.6 cm³/mol. The minimum absolute atomic E-state index is 0.329. The van der Waals surface area contributed by atoms with Crippen molar-refractivity contribution in [1.82, 2.24) is 9.55 Å². The SMILES string of the molecule is COc1ccc(Br)c(-n2ccnc2NC(C)C)c1. The Balaban J connectivity index is 2.45. The van der Waals surface area contributed by atoms with Crippen LogP contribution in [-0.4, -0.2) is 22.7 Å². The van der Waals surface area contributed by atoms with E-state index in [1.807, 2.05) is 29.0 Å². The zero-order valence-corrected chi connectivity index (χ0v) is 12.2. The van der Waals surface area contributed by atoms with Crippen LogP contribution >= 0.6 is 15.9 Å². The Morgan fingerprint density at radius 3 is 2.83 bits per heavy atom. The molecule has 0 aliphatic heterocycles. The lowest BCUT2D eigenvalue weighted by atomic mass is 10.3. The quantitative estimate of drug-likeness (QED) is 0.940. The molecule has 0 unspecified atom stereocenters. The third kappa shape index (κ3) is 2.67. The number of nitrogens with zero attached hydrogens (tertiary/aromatic N) is 2. The molecule has 2 aromatic rings. The molecule has 1 heterocycles. The number of hydrogen-bond donors (Lipinski definition) is 1. The van der Waals surface area contributed by atoms with Crippen LogP contribution in [0.15, 0.2) is 35.1 Å². The Labute approximate surface area is 115 Å². The average molecular weight is 310 g/mol. The summed E-state index contributed by atoms with van der Waals surface area (Å²) in [6, 6.07) is 6.18. The molecule has 1 N–H and O–H groups in total. The normalized spacial score (nSPS) is 10.7. The highest BCUT2D eigenvalue weighted by atomic mass is 79.9. The highest BCUT2D eigenvalue weighted by molar-refractivity contribution is 9.10. The maximum Gasteiger partial charge on any atom is 0.207 e. The molecule has 1 aromatic carbocycles. The topological polar surface area (TPSA) is 39.1 Å². The standard InChI is InChI=1S/C13H16BrN3O/c1-9(2)16-13-15-6-7-17(13)12-8-10(18-3)4-5-11(12)14/h4-9H,1-3H3,(H,15,16). The van der Waals surface area contributed by atoms with Crippen LogP contribution in [0.1, 0.15) is 13.8 Å². The van der Waals surface area contributed by atoms with Crippen molar-refractivity contribution in [2.75, 3.05) is 12.4 Å². The van der Waals surface area contributed by atoms with Crippen LogP contribution in [0.25, 0.3) is 5.69 Å². The number of aromatic nitrogens is 2. The molecule has 5 heteroatoms. The van der Waals surface area contributed by atoms with Crippen molar-refractivity contribution in [3.05, 3.63) is 35.1 Å². The molecule has 0 atom stereocenters. The summed E-state index contributed by atoms with van der Waals surface area (Å²) in [6.45, 7) is 4.17. The van der Waals surface area contributed by atoms with E-state index in [0.717, 1.165) is 21.9 Å². The van der Waals surface area contributed by atoms with Gasteiger partial charge < -0.3 is 10.1 Å². The summed E-state index contributed by atoms with van der Waals surface area (Å²) in [6.07, 6.45) is 3.70. The van der Waals surface area contributed by atoms with Gasteiger partial charge in [0.05, 0.1) is 12.8 Å². The molecule has 2 rings (SSSR count).